The number of rotatable bonds is 4. The summed E-state index contributed by atoms with van der Waals surface area (Å²) in [6.45, 7) is 2.14. The third kappa shape index (κ3) is 2.36. The lowest BCUT2D eigenvalue weighted by atomic mass is 9.99. The van der Waals surface area contributed by atoms with Crippen LogP contribution in [0.3, 0.4) is 0 Å². The second-order valence-electron chi connectivity index (χ2n) is 4.64. The molecule has 0 bridgehead atoms. The van der Waals surface area contributed by atoms with Crippen LogP contribution in [0.2, 0.25) is 0 Å². The van der Waals surface area contributed by atoms with Gasteiger partial charge in [0.05, 0.1) is 5.92 Å². The van der Waals surface area contributed by atoms with E-state index in [2.05, 4.69) is 4.72 Å². The summed E-state index contributed by atoms with van der Waals surface area (Å²) in [5.41, 5.74) is 0. The highest BCUT2D eigenvalue weighted by atomic mass is 32.2. The first-order valence-electron chi connectivity index (χ1n) is 5.40. The molecule has 2 rings (SSSR count). The minimum Gasteiger partial charge on any atom is -0.481 e. The van der Waals surface area contributed by atoms with Gasteiger partial charge in [-0.1, -0.05) is 6.92 Å². The molecule has 2 fully saturated rings. The maximum absolute atomic E-state index is 11.8. The molecule has 2 N–H and O–H groups in total. The lowest BCUT2D eigenvalue weighted by Crippen LogP contribution is -2.40. The van der Waals surface area contributed by atoms with E-state index in [9.17, 15) is 13.2 Å². The predicted molar refractivity (Wildman–Crippen MR) is 56.9 cm³/mol. The Kier molecular flexibility index (Phi) is 2.93. The molecule has 0 aromatic rings. The third-order valence-electron chi connectivity index (χ3n) is 3.13. The molecule has 0 amide bonds. The van der Waals surface area contributed by atoms with Crippen molar-refractivity contribution in [2.75, 3.05) is 13.1 Å². The van der Waals surface area contributed by atoms with Gasteiger partial charge in [0.25, 0.3) is 10.2 Å². The van der Waals surface area contributed by atoms with Gasteiger partial charge in [0, 0.05) is 19.1 Å². The molecule has 0 spiro atoms. The Hall–Kier alpha value is -0.660. The highest BCUT2D eigenvalue weighted by Gasteiger charge is 2.41. The van der Waals surface area contributed by atoms with Crippen molar-refractivity contribution >= 4 is 16.2 Å². The van der Waals surface area contributed by atoms with Crippen molar-refractivity contribution in [1.82, 2.24) is 9.03 Å². The summed E-state index contributed by atoms with van der Waals surface area (Å²) in [6.07, 6.45) is 1.76. The Bertz CT molecular complexity index is 390. The van der Waals surface area contributed by atoms with E-state index in [4.69, 9.17) is 5.11 Å². The minimum atomic E-state index is -3.48. The molecule has 0 radical (unpaired) electrons. The standard InChI is InChI=1S/C9H16N2O4S/c1-6-4-11(5-8(6)9(12)13)16(14,15)10-7-2-3-7/h6-8,10H,2-5H2,1H3,(H,12,13). The minimum absolute atomic E-state index is 0.0594. The highest BCUT2D eigenvalue weighted by Crippen LogP contribution is 2.27. The van der Waals surface area contributed by atoms with Gasteiger partial charge in [-0.2, -0.15) is 17.4 Å². The first kappa shape index (κ1) is 11.8. The Balaban J connectivity index is 2.03. The molecule has 2 aliphatic rings. The van der Waals surface area contributed by atoms with E-state index in [1.807, 2.05) is 0 Å². The van der Waals surface area contributed by atoms with E-state index < -0.39 is 22.1 Å². The molecule has 2 atom stereocenters. The fourth-order valence-corrected chi connectivity index (χ4v) is 3.52. The first-order valence-corrected chi connectivity index (χ1v) is 6.84. The van der Waals surface area contributed by atoms with Crippen LogP contribution in [0.25, 0.3) is 0 Å². The van der Waals surface area contributed by atoms with Gasteiger partial charge in [-0.05, 0) is 18.8 Å². The fraction of sp³-hybridized carbons (Fsp3) is 0.889. The summed E-state index contributed by atoms with van der Waals surface area (Å²) in [7, 11) is -3.48. The average molecular weight is 248 g/mol. The third-order valence-corrected chi connectivity index (χ3v) is 4.74. The number of carboxylic acids is 1. The van der Waals surface area contributed by atoms with Crippen molar-refractivity contribution in [3.8, 4) is 0 Å². The van der Waals surface area contributed by atoms with Gasteiger partial charge in [0.2, 0.25) is 0 Å². The number of carboxylic acid groups (broad SMARTS) is 1. The largest absolute Gasteiger partial charge is 0.481 e. The van der Waals surface area contributed by atoms with Gasteiger partial charge in [0.1, 0.15) is 0 Å². The molecule has 1 aliphatic heterocycles. The molecule has 7 heteroatoms. The number of hydrogen-bond acceptors (Lipinski definition) is 3. The van der Waals surface area contributed by atoms with Crippen LogP contribution in [-0.4, -0.2) is 42.9 Å². The lowest BCUT2D eigenvalue weighted by Gasteiger charge is -2.16. The molecule has 1 aliphatic carbocycles. The monoisotopic (exact) mass is 248 g/mol. The maximum Gasteiger partial charge on any atom is 0.308 e. The van der Waals surface area contributed by atoms with Gasteiger partial charge < -0.3 is 5.11 Å². The SMILES string of the molecule is CC1CN(S(=O)(=O)NC2CC2)CC1C(=O)O. The Morgan fingerprint density at radius 1 is 1.38 bits per heavy atom. The van der Waals surface area contributed by atoms with Gasteiger partial charge in [-0.15, -0.1) is 0 Å². The summed E-state index contributed by atoms with van der Waals surface area (Å²) < 4.78 is 27.4. The number of carbonyl (C=O) groups is 1. The van der Waals surface area contributed by atoms with Gasteiger partial charge in [-0.3, -0.25) is 4.79 Å². The highest BCUT2D eigenvalue weighted by molar-refractivity contribution is 7.87. The van der Waals surface area contributed by atoms with Crippen molar-refractivity contribution < 1.29 is 18.3 Å². The van der Waals surface area contributed by atoms with Crippen LogP contribution in [0.1, 0.15) is 19.8 Å². The summed E-state index contributed by atoms with van der Waals surface area (Å²) in [6, 6.07) is 0.0594. The molecule has 16 heavy (non-hydrogen) atoms. The lowest BCUT2D eigenvalue weighted by molar-refractivity contribution is -0.142. The molecule has 2 unspecified atom stereocenters. The maximum atomic E-state index is 11.8. The van der Waals surface area contributed by atoms with E-state index in [0.29, 0.717) is 6.54 Å². The molecule has 1 saturated heterocycles. The summed E-state index contributed by atoms with van der Waals surface area (Å²) in [4.78, 5) is 10.9. The van der Waals surface area contributed by atoms with E-state index in [1.54, 1.807) is 6.92 Å². The molecule has 1 saturated carbocycles. The normalized spacial score (nSPS) is 31.8. The van der Waals surface area contributed by atoms with Crippen LogP contribution in [0.15, 0.2) is 0 Å². The van der Waals surface area contributed by atoms with Gasteiger partial charge >= 0.3 is 5.97 Å². The van der Waals surface area contributed by atoms with Crippen molar-refractivity contribution in [3.05, 3.63) is 0 Å². The van der Waals surface area contributed by atoms with Crippen molar-refractivity contribution in [2.24, 2.45) is 11.8 Å². The number of nitrogens with zero attached hydrogens (tertiary/aromatic N) is 1. The van der Waals surface area contributed by atoms with E-state index in [1.165, 1.54) is 4.31 Å². The number of aliphatic carboxylic acids is 1. The van der Waals surface area contributed by atoms with Crippen LogP contribution in [0.4, 0.5) is 0 Å². The van der Waals surface area contributed by atoms with E-state index in [0.717, 1.165) is 12.8 Å². The smallest absolute Gasteiger partial charge is 0.308 e. The Morgan fingerprint density at radius 3 is 2.44 bits per heavy atom. The van der Waals surface area contributed by atoms with Crippen LogP contribution in [0, 0.1) is 11.8 Å². The number of nitrogens with one attached hydrogen (secondary N) is 1. The molecule has 0 aromatic heterocycles. The second kappa shape index (κ2) is 3.97. The summed E-state index contributed by atoms with van der Waals surface area (Å²) in [5.74, 6) is -1.64. The second-order valence-corrected chi connectivity index (χ2v) is 6.34. The molecule has 6 nitrogen and oxygen atoms in total. The number of hydrogen-bond donors (Lipinski definition) is 2. The fourth-order valence-electron chi connectivity index (χ4n) is 1.93. The van der Waals surface area contributed by atoms with Crippen LogP contribution in [0.5, 0.6) is 0 Å². The van der Waals surface area contributed by atoms with Crippen molar-refractivity contribution in [2.45, 2.75) is 25.8 Å². The van der Waals surface area contributed by atoms with E-state index in [-0.39, 0.29) is 18.5 Å². The Labute approximate surface area is 94.8 Å². The zero-order chi connectivity index (χ0) is 11.9. The molecular formula is C9H16N2O4S. The van der Waals surface area contributed by atoms with Crippen molar-refractivity contribution in [3.63, 3.8) is 0 Å². The summed E-state index contributed by atoms with van der Waals surface area (Å²) in [5, 5.41) is 8.92. The quantitative estimate of drug-likeness (QED) is 0.711. The van der Waals surface area contributed by atoms with Crippen LogP contribution < -0.4 is 4.72 Å². The van der Waals surface area contributed by atoms with Crippen LogP contribution >= 0.6 is 0 Å². The molecule has 1 heterocycles. The molecule has 0 aromatic carbocycles. The zero-order valence-corrected chi connectivity index (χ0v) is 9.90. The van der Waals surface area contributed by atoms with Gasteiger partial charge in [-0.25, -0.2) is 0 Å². The molecule has 92 valence electrons. The molecular weight excluding hydrogens is 232 g/mol. The summed E-state index contributed by atoms with van der Waals surface area (Å²) >= 11 is 0. The topological polar surface area (TPSA) is 86.7 Å². The zero-order valence-electron chi connectivity index (χ0n) is 9.09. The van der Waals surface area contributed by atoms with Crippen molar-refractivity contribution in [1.29, 1.82) is 0 Å². The van der Waals surface area contributed by atoms with Crippen LogP contribution in [-0.2, 0) is 15.0 Å². The average Bonchev–Trinajstić information content (AvgIpc) is 2.84. The van der Waals surface area contributed by atoms with E-state index >= 15 is 0 Å². The predicted octanol–water partition coefficient (Wildman–Crippen LogP) is -0.364. The van der Waals surface area contributed by atoms with Gasteiger partial charge in [0.15, 0.2) is 0 Å². The Morgan fingerprint density at radius 2 is 2.00 bits per heavy atom. The first-order chi connectivity index (χ1) is 7.40.